The minimum Gasteiger partial charge on any atom is -0.335 e. The zero-order chi connectivity index (χ0) is 14.7. The average Bonchev–Trinajstić information content (AvgIpc) is 2.85. The number of nitrogens with two attached hydrogens (primary N) is 1. The Morgan fingerprint density at radius 2 is 2.15 bits per heavy atom. The first-order chi connectivity index (χ1) is 9.51. The molecule has 0 bridgehead atoms. The summed E-state index contributed by atoms with van der Waals surface area (Å²) in [5.74, 6) is -2.04. The minimum absolute atomic E-state index is 0.0137. The van der Waals surface area contributed by atoms with E-state index in [1.807, 2.05) is 0 Å². The Balaban J connectivity index is 2.16. The zero-order valence-electron chi connectivity index (χ0n) is 10.2. The van der Waals surface area contributed by atoms with E-state index in [4.69, 9.17) is 5.73 Å². The largest absolute Gasteiger partial charge is 0.335 e. The predicted octanol–water partition coefficient (Wildman–Crippen LogP) is 2.13. The summed E-state index contributed by atoms with van der Waals surface area (Å²) in [6.07, 6.45) is 2.93. The van der Waals surface area contributed by atoms with Crippen LogP contribution in [0, 0.1) is 11.6 Å². The number of imidazole rings is 1. The maximum absolute atomic E-state index is 13.6. The van der Waals surface area contributed by atoms with E-state index in [0.717, 1.165) is 12.1 Å². The number of carbonyl (C=O) groups excluding carboxylic acids is 1. The van der Waals surface area contributed by atoms with Gasteiger partial charge in [-0.05, 0) is 22.0 Å². The third-order valence-electron chi connectivity index (χ3n) is 2.51. The average molecular weight is 345 g/mol. The molecule has 5 nitrogen and oxygen atoms in total. The Kier molecular flexibility index (Phi) is 4.46. The van der Waals surface area contributed by atoms with Gasteiger partial charge in [0.25, 0.3) is 5.91 Å². The Morgan fingerprint density at radius 1 is 1.40 bits per heavy atom. The van der Waals surface area contributed by atoms with Crippen LogP contribution in [0.1, 0.15) is 10.5 Å². The number of aromatic nitrogens is 2. The third-order valence-corrected chi connectivity index (χ3v) is 3.12. The SMILES string of the molecule is NCCn1cnc(C(=O)Nc2cc(F)c(Br)cc2F)c1. The molecule has 0 atom stereocenters. The van der Waals surface area contributed by atoms with Crippen LogP contribution in [0.3, 0.4) is 0 Å². The van der Waals surface area contributed by atoms with E-state index in [1.165, 1.54) is 12.5 Å². The van der Waals surface area contributed by atoms with Crippen LogP contribution in [-0.4, -0.2) is 22.0 Å². The Morgan fingerprint density at radius 3 is 2.85 bits per heavy atom. The molecule has 0 unspecified atom stereocenters. The summed E-state index contributed by atoms with van der Waals surface area (Å²) in [6, 6.07) is 1.84. The third kappa shape index (κ3) is 3.20. The molecule has 0 spiro atoms. The maximum Gasteiger partial charge on any atom is 0.275 e. The van der Waals surface area contributed by atoms with E-state index in [2.05, 4.69) is 26.2 Å². The molecule has 106 valence electrons. The smallest absolute Gasteiger partial charge is 0.275 e. The van der Waals surface area contributed by atoms with E-state index < -0.39 is 17.5 Å². The summed E-state index contributed by atoms with van der Waals surface area (Å²) in [4.78, 5) is 15.7. The maximum atomic E-state index is 13.6. The molecule has 1 aromatic carbocycles. The summed E-state index contributed by atoms with van der Waals surface area (Å²) >= 11 is 2.86. The second kappa shape index (κ2) is 6.10. The fourth-order valence-electron chi connectivity index (χ4n) is 1.55. The minimum atomic E-state index is -0.743. The lowest BCUT2D eigenvalue weighted by atomic mass is 10.3. The first-order valence-electron chi connectivity index (χ1n) is 5.69. The van der Waals surface area contributed by atoms with Gasteiger partial charge in [-0.1, -0.05) is 0 Å². The fraction of sp³-hybridized carbons (Fsp3) is 0.167. The Bertz CT molecular complexity index is 644. The molecule has 0 aliphatic rings. The van der Waals surface area contributed by atoms with Gasteiger partial charge in [-0.25, -0.2) is 13.8 Å². The monoisotopic (exact) mass is 344 g/mol. The quantitative estimate of drug-likeness (QED) is 0.834. The highest BCUT2D eigenvalue weighted by atomic mass is 79.9. The van der Waals surface area contributed by atoms with Crippen LogP contribution in [0.5, 0.6) is 0 Å². The summed E-state index contributed by atoms with van der Waals surface area (Å²) in [6.45, 7) is 0.922. The molecule has 0 aliphatic heterocycles. The van der Waals surface area contributed by atoms with Gasteiger partial charge in [0.1, 0.15) is 17.3 Å². The lowest BCUT2D eigenvalue weighted by Crippen LogP contribution is -2.14. The molecule has 0 fully saturated rings. The summed E-state index contributed by atoms with van der Waals surface area (Å²) in [7, 11) is 0. The lowest BCUT2D eigenvalue weighted by Gasteiger charge is -2.06. The van der Waals surface area contributed by atoms with E-state index in [-0.39, 0.29) is 15.9 Å². The van der Waals surface area contributed by atoms with Crippen LogP contribution in [0.25, 0.3) is 0 Å². The normalized spacial score (nSPS) is 10.6. The van der Waals surface area contributed by atoms with Crippen LogP contribution in [-0.2, 0) is 6.54 Å². The number of halogens is 3. The molecule has 2 aromatic rings. The highest BCUT2D eigenvalue weighted by molar-refractivity contribution is 9.10. The van der Waals surface area contributed by atoms with Crippen LogP contribution in [0.15, 0.2) is 29.1 Å². The van der Waals surface area contributed by atoms with Gasteiger partial charge < -0.3 is 15.6 Å². The molecule has 2 rings (SSSR count). The zero-order valence-corrected chi connectivity index (χ0v) is 11.8. The van der Waals surface area contributed by atoms with Gasteiger partial charge in [-0.2, -0.15) is 0 Å². The van der Waals surface area contributed by atoms with Crippen LogP contribution in [0.2, 0.25) is 0 Å². The topological polar surface area (TPSA) is 72.9 Å². The number of amides is 1. The molecule has 3 N–H and O–H groups in total. The van der Waals surface area contributed by atoms with Gasteiger partial charge in [-0.3, -0.25) is 4.79 Å². The standard InChI is InChI=1S/C12H11BrF2N4O/c13-7-3-9(15)10(4-8(7)14)18-12(20)11-5-19(2-1-16)6-17-11/h3-6H,1-2,16H2,(H,18,20). The van der Waals surface area contributed by atoms with Gasteiger partial charge in [0.05, 0.1) is 16.5 Å². The molecular weight excluding hydrogens is 334 g/mol. The number of benzene rings is 1. The number of anilines is 1. The molecule has 1 heterocycles. The number of hydrogen-bond acceptors (Lipinski definition) is 3. The van der Waals surface area contributed by atoms with Crippen molar-refractivity contribution in [3.8, 4) is 0 Å². The first kappa shape index (κ1) is 14.6. The number of hydrogen-bond donors (Lipinski definition) is 2. The Hall–Kier alpha value is -1.80. The van der Waals surface area contributed by atoms with Gasteiger partial charge in [0.15, 0.2) is 0 Å². The van der Waals surface area contributed by atoms with Crippen molar-refractivity contribution in [1.82, 2.24) is 9.55 Å². The number of nitrogens with zero attached hydrogens (tertiary/aromatic N) is 2. The van der Waals surface area contributed by atoms with Crippen molar-refractivity contribution < 1.29 is 13.6 Å². The second-order valence-electron chi connectivity index (χ2n) is 3.99. The van der Waals surface area contributed by atoms with E-state index in [0.29, 0.717) is 13.1 Å². The molecule has 0 radical (unpaired) electrons. The molecule has 8 heteroatoms. The van der Waals surface area contributed by atoms with Crippen LogP contribution < -0.4 is 11.1 Å². The molecule has 0 saturated carbocycles. The number of rotatable bonds is 4. The van der Waals surface area contributed by atoms with Gasteiger partial charge in [0.2, 0.25) is 0 Å². The van der Waals surface area contributed by atoms with Gasteiger partial charge >= 0.3 is 0 Å². The van der Waals surface area contributed by atoms with Crippen LogP contribution in [0.4, 0.5) is 14.5 Å². The summed E-state index contributed by atoms with van der Waals surface area (Å²) in [5.41, 5.74) is 5.23. The predicted molar refractivity (Wildman–Crippen MR) is 73.3 cm³/mol. The van der Waals surface area contributed by atoms with Crippen molar-refractivity contribution in [2.45, 2.75) is 6.54 Å². The molecule has 0 saturated heterocycles. The van der Waals surface area contributed by atoms with Crippen molar-refractivity contribution in [3.05, 3.63) is 46.5 Å². The summed E-state index contributed by atoms with van der Waals surface area (Å²) in [5, 5.41) is 2.27. The van der Waals surface area contributed by atoms with E-state index in [1.54, 1.807) is 4.57 Å². The van der Waals surface area contributed by atoms with Crippen LogP contribution >= 0.6 is 15.9 Å². The highest BCUT2D eigenvalue weighted by Crippen LogP contribution is 2.23. The summed E-state index contributed by atoms with van der Waals surface area (Å²) < 4.78 is 28.5. The fourth-order valence-corrected chi connectivity index (χ4v) is 1.87. The first-order valence-corrected chi connectivity index (χ1v) is 6.48. The van der Waals surface area contributed by atoms with E-state index >= 15 is 0 Å². The Labute approximate surface area is 121 Å². The van der Waals surface area contributed by atoms with Crippen molar-refractivity contribution in [3.63, 3.8) is 0 Å². The highest BCUT2D eigenvalue weighted by Gasteiger charge is 2.14. The number of carbonyl (C=O) groups is 1. The van der Waals surface area contributed by atoms with Gasteiger partial charge in [0, 0.05) is 25.4 Å². The van der Waals surface area contributed by atoms with Crippen molar-refractivity contribution in [2.24, 2.45) is 5.73 Å². The van der Waals surface area contributed by atoms with Crippen molar-refractivity contribution in [1.29, 1.82) is 0 Å². The second-order valence-corrected chi connectivity index (χ2v) is 4.84. The molecular formula is C12H11BrF2N4O. The van der Waals surface area contributed by atoms with Crippen molar-refractivity contribution in [2.75, 3.05) is 11.9 Å². The van der Waals surface area contributed by atoms with Gasteiger partial charge in [-0.15, -0.1) is 0 Å². The number of nitrogens with one attached hydrogen (secondary N) is 1. The molecule has 1 aromatic heterocycles. The molecule has 1 amide bonds. The lowest BCUT2D eigenvalue weighted by molar-refractivity contribution is 0.102. The van der Waals surface area contributed by atoms with Crippen molar-refractivity contribution >= 4 is 27.5 Å². The molecule has 0 aliphatic carbocycles. The molecule has 20 heavy (non-hydrogen) atoms. The van der Waals surface area contributed by atoms with E-state index in [9.17, 15) is 13.6 Å².